The number of nitrogens with two attached hydrogens (primary N) is 1. The summed E-state index contributed by atoms with van der Waals surface area (Å²) in [5.41, 5.74) is 6.11. The van der Waals surface area contributed by atoms with Crippen molar-refractivity contribution in [3.05, 3.63) is 40.9 Å². The minimum atomic E-state index is -1.08. The van der Waals surface area contributed by atoms with Crippen LogP contribution in [0.3, 0.4) is 0 Å². The van der Waals surface area contributed by atoms with E-state index in [0.717, 1.165) is 5.56 Å². The van der Waals surface area contributed by atoms with Crippen LogP contribution in [0.2, 0.25) is 5.02 Å². The van der Waals surface area contributed by atoms with Crippen LogP contribution in [0.4, 0.5) is 0 Å². The maximum Gasteiger partial charge on any atom is 0.320 e. The normalized spacial score (nSPS) is 12.3. The van der Waals surface area contributed by atoms with E-state index in [1.165, 1.54) is 6.08 Å². The van der Waals surface area contributed by atoms with Gasteiger partial charge < -0.3 is 16.2 Å². The Bertz CT molecular complexity index is 489. The maximum absolute atomic E-state index is 11.4. The molecule has 1 aromatic rings. The van der Waals surface area contributed by atoms with E-state index in [2.05, 4.69) is 5.32 Å². The summed E-state index contributed by atoms with van der Waals surface area (Å²) in [6.07, 6.45) is 3.17. The van der Waals surface area contributed by atoms with Crippen LogP contribution in [-0.4, -0.2) is 29.6 Å². The standard InChI is InChI=1S/C13H15ClN2O3/c14-10-3-1-2-9(8-10)4-5-12(17)16-7-6-11(15)13(18)19/h1-5,8,11H,6-7,15H2,(H,16,17)(H,18,19)/b5-4+/t11-/m0/s1. The van der Waals surface area contributed by atoms with Gasteiger partial charge in [-0.2, -0.15) is 0 Å². The molecule has 0 unspecified atom stereocenters. The Labute approximate surface area is 116 Å². The second-order valence-corrected chi connectivity index (χ2v) is 4.35. The number of carboxylic acids is 1. The van der Waals surface area contributed by atoms with Crippen LogP contribution in [0.5, 0.6) is 0 Å². The number of hydrogen-bond donors (Lipinski definition) is 3. The van der Waals surface area contributed by atoms with E-state index in [-0.39, 0.29) is 18.9 Å². The number of amides is 1. The summed E-state index contributed by atoms with van der Waals surface area (Å²) in [5, 5.41) is 11.7. The second-order valence-electron chi connectivity index (χ2n) is 3.91. The van der Waals surface area contributed by atoms with Crippen molar-refractivity contribution < 1.29 is 14.7 Å². The van der Waals surface area contributed by atoms with Crippen molar-refractivity contribution in [2.45, 2.75) is 12.5 Å². The third-order valence-corrected chi connectivity index (χ3v) is 2.58. The minimum absolute atomic E-state index is 0.187. The Hall–Kier alpha value is -1.85. The summed E-state index contributed by atoms with van der Waals surface area (Å²) in [7, 11) is 0. The highest BCUT2D eigenvalue weighted by atomic mass is 35.5. The number of halogens is 1. The average molecular weight is 283 g/mol. The first-order chi connectivity index (χ1) is 8.99. The van der Waals surface area contributed by atoms with Gasteiger partial charge in [0.1, 0.15) is 6.04 Å². The lowest BCUT2D eigenvalue weighted by Gasteiger charge is -2.06. The van der Waals surface area contributed by atoms with Gasteiger partial charge in [0, 0.05) is 17.6 Å². The molecule has 1 amide bonds. The number of carbonyl (C=O) groups excluding carboxylic acids is 1. The summed E-state index contributed by atoms with van der Waals surface area (Å²) in [4.78, 5) is 21.9. The molecule has 0 aliphatic carbocycles. The Morgan fingerprint density at radius 1 is 1.47 bits per heavy atom. The topological polar surface area (TPSA) is 92.4 Å². The van der Waals surface area contributed by atoms with Crippen LogP contribution in [0, 0.1) is 0 Å². The lowest BCUT2D eigenvalue weighted by atomic mass is 10.2. The number of carbonyl (C=O) groups is 2. The van der Waals surface area contributed by atoms with E-state index in [0.29, 0.717) is 5.02 Å². The molecule has 0 spiro atoms. The summed E-state index contributed by atoms with van der Waals surface area (Å²) < 4.78 is 0. The van der Waals surface area contributed by atoms with E-state index in [1.807, 2.05) is 6.07 Å². The van der Waals surface area contributed by atoms with Crippen LogP contribution < -0.4 is 11.1 Å². The van der Waals surface area contributed by atoms with Crippen LogP contribution in [0.1, 0.15) is 12.0 Å². The van der Waals surface area contributed by atoms with Gasteiger partial charge >= 0.3 is 5.97 Å². The predicted molar refractivity (Wildman–Crippen MR) is 73.7 cm³/mol. The molecule has 5 nitrogen and oxygen atoms in total. The van der Waals surface area contributed by atoms with Gasteiger partial charge in [0.2, 0.25) is 5.91 Å². The van der Waals surface area contributed by atoms with Crippen molar-refractivity contribution in [2.75, 3.05) is 6.54 Å². The molecule has 0 radical (unpaired) electrons. The molecule has 6 heteroatoms. The second kappa shape index (κ2) is 7.56. The molecule has 0 aliphatic heterocycles. The number of aliphatic carboxylic acids is 1. The molecule has 1 atom stereocenters. The van der Waals surface area contributed by atoms with Crippen molar-refractivity contribution in [2.24, 2.45) is 5.73 Å². The predicted octanol–water partition coefficient (Wildman–Crippen LogP) is 1.27. The fourth-order valence-corrected chi connectivity index (χ4v) is 1.51. The lowest BCUT2D eigenvalue weighted by Crippen LogP contribution is -2.34. The van der Waals surface area contributed by atoms with Crippen molar-refractivity contribution >= 4 is 29.6 Å². The minimum Gasteiger partial charge on any atom is -0.480 e. The van der Waals surface area contributed by atoms with Crippen molar-refractivity contribution in [3.63, 3.8) is 0 Å². The number of nitrogens with one attached hydrogen (secondary N) is 1. The third kappa shape index (κ3) is 6.03. The summed E-state index contributed by atoms with van der Waals surface area (Å²) in [6.45, 7) is 0.214. The molecule has 0 saturated heterocycles. The SMILES string of the molecule is N[C@@H](CCNC(=O)/C=C/c1cccc(Cl)c1)C(=O)O. The summed E-state index contributed by atoms with van der Waals surface area (Å²) in [5.74, 6) is -1.39. The largest absolute Gasteiger partial charge is 0.480 e. The first kappa shape index (κ1) is 15.2. The number of carboxylic acid groups (broad SMARTS) is 1. The van der Waals surface area contributed by atoms with Gasteiger partial charge in [-0.05, 0) is 30.2 Å². The lowest BCUT2D eigenvalue weighted by molar-refractivity contribution is -0.138. The molecule has 4 N–H and O–H groups in total. The molecule has 0 saturated carbocycles. The van der Waals surface area contributed by atoms with Crippen LogP contribution in [0.15, 0.2) is 30.3 Å². The Morgan fingerprint density at radius 3 is 2.84 bits per heavy atom. The van der Waals surface area contributed by atoms with E-state index in [9.17, 15) is 9.59 Å². The molecule has 1 aromatic carbocycles. The summed E-state index contributed by atoms with van der Waals surface area (Å²) >= 11 is 5.80. The first-order valence-electron chi connectivity index (χ1n) is 5.69. The molecule has 1 rings (SSSR count). The van der Waals surface area contributed by atoms with Gasteiger partial charge in [-0.1, -0.05) is 23.7 Å². The monoisotopic (exact) mass is 282 g/mol. The average Bonchev–Trinajstić information content (AvgIpc) is 2.36. The van der Waals surface area contributed by atoms with Gasteiger partial charge in [0.05, 0.1) is 0 Å². The molecular weight excluding hydrogens is 268 g/mol. The van der Waals surface area contributed by atoms with Crippen LogP contribution >= 0.6 is 11.6 Å². The molecule has 0 fully saturated rings. The quantitative estimate of drug-likeness (QED) is 0.685. The maximum atomic E-state index is 11.4. The van der Waals surface area contributed by atoms with Gasteiger partial charge in [0.15, 0.2) is 0 Å². The zero-order valence-corrected chi connectivity index (χ0v) is 10.9. The molecule has 0 heterocycles. The fourth-order valence-electron chi connectivity index (χ4n) is 1.32. The molecule has 0 bridgehead atoms. The van der Waals surface area contributed by atoms with Gasteiger partial charge in [-0.25, -0.2) is 0 Å². The highest BCUT2D eigenvalue weighted by molar-refractivity contribution is 6.30. The van der Waals surface area contributed by atoms with E-state index < -0.39 is 12.0 Å². The fraction of sp³-hybridized carbons (Fsp3) is 0.231. The highest BCUT2D eigenvalue weighted by Crippen LogP contribution is 2.11. The third-order valence-electron chi connectivity index (χ3n) is 2.35. The zero-order chi connectivity index (χ0) is 14.3. The molecule has 19 heavy (non-hydrogen) atoms. The smallest absolute Gasteiger partial charge is 0.320 e. The Morgan fingerprint density at radius 2 is 2.21 bits per heavy atom. The molecule has 0 aromatic heterocycles. The van der Waals surface area contributed by atoms with E-state index >= 15 is 0 Å². The summed E-state index contributed by atoms with van der Waals surface area (Å²) in [6, 6.07) is 6.11. The van der Waals surface area contributed by atoms with Crippen LogP contribution in [-0.2, 0) is 9.59 Å². The van der Waals surface area contributed by atoms with Gasteiger partial charge in [-0.3, -0.25) is 9.59 Å². The van der Waals surface area contributed by atoms with Crippen LogP contribution in [0.25, 0.3) is 6.08 Å². The van der Waals surface area contributed by atoms with Gasteiger partial charge in [-0.15, -0.1) is 0 Å². The Kier molecular flexibility index (Phi) is 6.05. The zero-order valence-electron chi connectivity index (χ0n) is 10.2. The highest BCUT2D eigenvalue weighted by Gasteiger charge is 2.10. The van der Waals surface area contributed by atoms with E-state index in [4.69, 9.17) is 22.4 Å². The Balaban J connectivity index is 2.37. The first-order valence-corrected chi connectivity index (χ1v) is 6.06. The number of benzene rings is 1. The van der Waals surface area contributed by atoms with Crippen molar-refractivity contribution in [3.8, 4) is 0 Å². The van der Waals surface area contributed by atoms with Crippen molar-refractivity contribution in [1.29, 1.82) is 0 Å². The van der Waals surface area contributed by atoms with E-state index in [1.54, 1.807) is 24.3 Å². The van der Waals surface area contributed by atoms with Crippen molar-refractivity contribution in [1.82, 2.24) is 5.32 Å². The number of rotatable bonds is 6. The van der Waals surface area contributed by atoms with Gasteiger partial charge in [0.25, 0.3) is 0 Å². The number of hydrogen-bond acceptors (Lipinski definition) is 3. The molecule has 102 valence electrons. The molecule has 0 aliphatic rings. The molecular formula is C13H15ClN2O3.